The zero-order valence-corrected chi connectivity index (χ0v) is 13.5. The van der Waals surface area contributed by atoms with Crippen molar-refractivity contribution in [1.82, 2.24) is 4.57 Å². The van der Waals surface area contributed by atoms with Crippen LogP contribution >= 0.6 is 0 Å². The Hall–Kier alpha value is -3.30. The van der Waals surface area contributed by atoms with E-state index in [0.717, 1.165) is 22.5 Å². The Morgan fingerprint density at radius 1 is 1.04 bits per heavy atom. The van der Waals surface area contributed by atoms with Gasteiger partial charge in [0.25, 0.3) is 0 Å². The lowest BCUT2D eigenvalue weighted by Gasteiger charge is -2.06. The molecule has 0 aliphatic rings. The average molecular weight is 316 g/mol. The molecule has 0 unspecified atom stereocenters. The third-order valence-electron chi connectivity index (χ3n) is 3.98. The molecule has 0 saturated heterocycles. The number of Topliss-reactive ketones (excluding diaryl/α,β-unsaturated/α-hetero) is 1. The zero-order chi connectivity index (χ0) is 17.1. The molecule has 5 heteroatoms. The summed E-state index contributed by atoms with van der Waals surface area (Å²) in [5, 5.41) is 3.76. The summed E-state index contributed by atoms with van der Waals surface area (Å²) in [6.45, 7) is 3.47. The number of ketones is 1. The molecule has 1 heterocycles. The highest BCUT2D eigenvalue weighted by atomic mass is 16.1. The van der Waals surface area contributed by atoms with E-state index in [1.54, 1.807) is 13.0 Å². The third kappa shape index (κ3) is 2.69. The maximum atomic E-state index is 12.3. The Kier molecular flexibility index (Phi) is 4.18. The highest BCUT2D eigenvalue weighted by molar-refractivity contribution is 6.03. The van der Waals surface area contributed by atoms with Crippen molar-refractivity contribution in [3.05, 3.63) is 82.5 Å². The molecule has 0 radical (unpaired) electrons. The van der Waals surface area contributed by atoms with Crippen LogP contribution in [-0.4, -0.2) is 10.4 Å². The van der Waals surface area contributed by atoms with Gasteiger partial charge in [0.2, 0.25) is 0 Å². The van der Waals surface area contributed by atoms with Crippen LogP contribution in [0, 0.1) is 6.92 Å². The Bertz CT molecular complexity index is 951. The summed E-state index contributed by atoms with van der Waals surface area (Å²) >= 11 is 0. The summed E-state index contributed by atoms with van der Waals surface area (Å²) in [5.41, 5.74) is 13.3. The summed E-state index contributed by atoms with van der Waals surface area (Å²) in [4.78, 5) is 15.1. The molecule has 2 aromatic carbocycles. The first-order valence-electron chi connectivity index (χ1n) is 7.56. The molecule has 0 aliphatic carbocycles. The molecule has 0 amide bonds. The van der Waals surface area contributed by atoms with Crippen LogP contribution in [0.5, 0.6) is 0 Å². The largest absolute Gasteiger partial charge is 0.320 e. The highest BCUT2D eigenvalue weighted by Crippen LogP contribution is 2.36. The summed E-state index contributed by atoms with van der Waals surface area (Å²) in [6.07, 6.45) is 1.92. The normalized spacial score (nSPS) is 10.2. The molecule has 0 saturated carbocycles. The number of hydrogen-bond acceptors (Lipinski definition) is 2. The molecule has 0 atom stereocenters. The van der Waals surface area contributed by atoms with Crippen LogP contribution in [0.3, 0.4) is 0 Å². The average Bonchev–Trinajstić information content (AvgIpc) is 2.94. The Morgan fingerprint density at radius 2 is 1.71 bits per heavy atom. The van der Waals surface area contributed by atoms with Gasteiger partial charge >= 0.3 is 0 Å². The van der Waals surface area contributed by atoms with Gasteiger partial charge in [-0.3, -0.25) is 4.79 Å². The predicted molar refractivity (Wildman–Crippen MR) is 94.8 cm³/mol. The number of carbonyl (C=O) groups is 1. The number of rotatable bonds is 4. The van der Waals surface area contributed by atoms with Crippen LogP contribution in [0.1, 0.15) is 23.0 Å². The van der Waals surface area contributed by atoms with Gasteiger partial charge in [-0.15, -0.1) is 0 Å². The second-order valence-corrected chi connectivity index (χ2v) is 5.47. The molecular formula is C19H16N4O. The van der Waals surface area contributed by atoms with E-state index in [9.17, 15) is 4.79 Å². The maximum absolute atomic E-state index is 12.3. The molecular weight excluding hydrogens is 300 g/mol. The quantitative estimate of drug-likeness (QED) is 0.267. The number of azide groups is 1. The summed E-state index contributed by atoms with van der Waals surface area (Å²) in [7, 11) is 0. The van der Waals surface area contributed by atoms with Crippen LogP contribution < -0.4 is 0 Å². The van der Waals surface area contributed by atoms with E-state index < -0.39 is 0 Å². The molecule has 0 spiro atoms. The van der Waals surface area contributed by atoms with E-state index in [-0.39, 0.29) is 5.78 Å². The van der Waals surface area contributed by atoms with Gasteiger partial charge in [0.1, 0.15) is 0 Å². The first-order chi connectivity index (χ1) is 11.6. The lowest BCUT2D eigenvalue weighted by molar-refractivity contribution is 0.101. The standard InChI is InChI=1S/C19H16N4O/c1-13-19(14(2)24)17(12-23(13)15-8-4-3-5-9-15)16-10-6-7-11-18(16)21-22-20/h3-12H,1-2H3. The fourth-order valence-corrected chi connectivity index (χ4v) is 2.95. The Labute approximate surface area is 139 Å². The second kappa shape index (κ2) is 6.44. The summed E-state index contributed by atoms with van der Waals surface area (Å²) in [6, 6.07) is 17.1. The molecule has 0 bridgehead atoms. The van der Waals surface area contributed by atoms with Crippen LogP contribution in [0.2, 0.25) is 0 Å². The van der Waals surface area contributed by atoms with Crippen molar-refractivity contribution in [2.45, 2.75) is 13.8 Å². The minimum absolute atomic E-state index is 0.0204. The van der Waals surface area contributed by atoms with Gasteiger partial charge in [-0.05, 0) is 37.1 Å². The van der Waals surface area contributed by atoms with Gasteiger partial charge in [-0.2, -0.15) is 0 Å². The Morgan fingerprint density at radius 3 is 2.38 bits per heavy atom. The van der Waals surface area contributed by atoms with Crippen molar-refractivity contribution < 1.29 is 4.79 Å². The highest BCUT2D eigenvalue weighted by Gasteiger charge is 2.19. The Balaban J connectivity index is 2.30. The molecule has 3 aromatic rings. The molecule has 5 nitrogen and oxygen atoms in total. The van der Waals surface area contributed by atoms with E-state index in [1.807, 2.05) is 66.2 Å². The third-order valence-corrected chi connectivity index (χ3v) is 3.98. The SMILES string of the molecule is CC(=O)c1c(-c2ccccc2N=[N+]=[N-])cn(-c2ccccc2)c1C. The predicted octanol–water partition coefficient (Wildman–Crippen LogP) is 5.60. The maximum Gasteiger partial charge on any atom is 0.162 e. The van der Waals surface area contributed by atoms with Gasteiger partial charge in [-0.25, -0.2) is 0 Å². The van der Waals surface area contributed by atoms with Crippen LogP contribution in [0.15, 0.2) is 65.9 Å². The lowest BCUT2D eigenvalue weighted by atomic mass is 9.99. The fraction of sp³-hybridized carbons (Fsp3) is 0.105. The van der Waals surface area contributed by atoms with Gasteiger partial charge in [-0.1, -0.05) is 47.6 Å². The van der Waals surface area contributed by atoms with E-state index in [2.05, 4.69) is 10.0 Å². The van der Waals surface area contributed by atoms with E-state index >= 15 is 0 Å². The molecule has 0 fully saturated rings. The zero-order valence-electron chi connectivity index (χ0n) is 13.5. The number of hydrogen-bond donors (Lipinski definition) is 0. The molecule has 24 heavy (non-hydrogen) atoms. The van der Waals surface area contributed by atoms with Gasteiger partial charge < -0.3 is 4.57 Å². The van der Waals surface area contributed by atoms with Crippen LogP contribution in [-0.2, 0) is 0 Å². The molecule has 0 N–H and O–H groups in total. The van der Waals surface area contributed by atoms with Gasteiger partial charge in [0, 0.05) is 39.3 Å². The van der Waals surface area contributed by atoms with Crippen molar-refractivity contribution in [3.63, 3.8) is 0 Å². The van der Waals surface area contributed by atoms with Gasteiger partial charge in [0.05, 0.1) is 0 Å². The van der Waals surface area contributed by atoms with E-state index in [0.29, 0.717) is 11.3 Å². The minimum Gasteiger partial charge on any atom is -0.320 e. The molecule has 3 rings (SSSR count). The summed E-state index contributed by atoms with van der Waals surface area (Å²) in [5.74, 6) is -0.0204. The van der Waals surface area contributed by atoms with Gasteiger partial charge in [0.15, 0.2) is 5.78 Å². The lowest BCUT2D eigenvalue weighted by Crippen LogP contribution is -1.99. The van der Waals surface area contributed by atoms with Crippen LogP contribution in [0.25, 0.3) is 27.3 Å². The number of benzene rings is 2. The molecule has 0 aliphatic heterocycles. The second-order valence-electron chi connectivity index (χ2n) is 5.47. The molecule has 118 valence electrons. The smallest absolute Gasteiger partial charge is 0.162 e. The number of para-hydroxylation sites is 1. The van der Waals surface area contributed by atoms with Crippen molar-refractivity contribution in [3.8, 4) is 16.8 Å². The van der Waals surface area contributed by atoms with E-state index in [1.165, 1.54) is 0 Å². The first-order valence-corrected chi connectivity index (χ1v) is 7.56. The van der Waals surface area contributed by atoms with Crippen LogP contribution in [0.4, 0.5) is 5.69 Å². The number of aromatic nitrogens is 1. The van der Waals surface area contributed by atoms with Crippen molar-refractivity contribution in [1.29, 1.82) is 0 Å². The monoisotopic (exact) mass is 316 g/mol. The number of carbonyl (C=O) groups excluding carboxylic acids is 1. The van der Waals surface area contributed by atoms with Crippen molar-refractivity contribution in [2.24, 2.45) is 5.11 Å². The molecule has 1 aromatic heterocycles. The fourth-order valence-electron chi connectivity index (χ4n) is 2.95. The summed E-state index contributed by atoms with van der Waals surface area (Å²) < 4.78 is 1.99. The first kappa shape index (κ1) is 15.6. The van der Waals surface area contributed by atoms with Crippen molar-refractivity contribution >= 4 is 11.5 Å². The number of nitrogens with zero attached hydrogens (tertiary/aromatic N) is 4. The minimum atomic E-state index is -0.0204. The van der Waals surface area contributed by atoms with E-state index in [4.69, 9.17) is 5.53 Å². The van der Waals surface area contributed by atoms with Crippen molar-refractivity contribution in [2.75, 3.05) is 0 Å². The topological polar surface area (TPSA) is 70.8 Å².